The molecule has 0 amide bonds. The topological polar surface area (TPSA) is 52.6 Å². The van der Waals surface area contributed by atoms with E-state index in [4.69, 9.17) is 23.2 Å². The van der Waals surface area contributed by atoms with Crippen molar-refractivity contribution in [3.63, 3.8) is 0 Å². The number of halogens is 2. The summed E-state index contributed by atoms with van der Waals surface area (Å²) in [5.41, 5.74) is -1.45. The van der Waals surface area contributed by atoms with Crippen molar-refractivity contribution in [1.29, 1.82) is 0 Å². The number of ether oxygens (including phenoxy) is 2. The van der Waals surface area contributed by atoms with Gasteiger partial charge in [0.1, 0.15) is 0 Å². The van der Waals surface area contributed by atoms with Gasteiger partial charge in [-0.1, -0.05) is 13.3 Å². The minimum Gasteiger partial charge on any atom is -0.454 e. The molecule has 0 saturated carbocycles. The van der Waals surface area contributed by atoms with Crippen LogP contribution >= 0.6 is 23.2 Å². The van der Waals surface area contributed by atoms with Crippen molar-refractivity contribution in [3.8, 4) is 0 Å². The van der Waals surface area contributed by atoms with Gasteiger partial charge in [-0.05, 0) is 20.3 Å². The third-order valence-electron chi connectivity index (χ3n) is 1.04. The van der Waals surface area contributed by atoms with Gasteiger partial charge >= 0.3 is 10.9 Å². The van der Waals surface area contributed by atoms with Crippen molar-refractivity contribution >= 4 is 34.1 Å². The fourth-order valence-electron chi connectivity index (χ4n) is 0.482. The van der Waals surface area contributed by atoms with Crippen molar-refractivity contribution in [3.05, 3.63) is 0 Å². The van der Waals surface area contributed by atoms with Gasteiger partial charge in [-0.2, -0.15) is 0 Å². The van der Waals surface area contributed by atoms with Crippen molar-refractivity contribution in [2.45, 2.75) is 39.7 Å². The highest BCUT2D eigenvalue weighted by molar-refractivity contribution is 6.61. The average molecular weight is 259 g/mol. The molecular formula is C9H16Cl2O4. The summed E-state index contributed by atoms with van der Waals surface area (Å²) >= 11 is 9.66. The SMILES string of the molecule is CC(C)OC(=O)Cl.CCCCOC(=O)Cl. The first kappa shape index (κ1) is 16.9. The summed E-state index contributed by atoms with van der Waals surface area (Å²) in [4.78, 5) is 19.7. The van der Waals surface area contributed by atoms with Crippen molar-refractivity contribution < 1.29 is 19.1 Å². The Morgan fingerprint density at radius 3 is 1.93 bits per heavy atom. The van der Waals surface area contributed by atoms with E-state index in [1.165, 1.54) is 0 Å². The van der Waals surface area contributed by atoms with E-state index in [0.29, 0.717) is 6.61 Å². The molecule has 0 aliphatic rings. The maximum Gasteiger partial charge on any atom is 0.404 e. The van der Waals surface area contributed by atoms with Crippen LogP contribution in [-0.4, -0.2) is 23.6 Å². The predicted molar refractivity (Wildman–Crippen MR) is 59.6 cm³/mol. The smallest absolute Gasteiger partial charge is 0.404 e. The summed E-state index contributed by atoms with van der Waals surface area (Å²) in [6.07, 6.45) is 1.80. The maximum absolute atomic E-state index is 9.86. The van der Waals surface area contributed by atoms with E-state index in [1.54, 1.807) is 13.8 Å². The zero-order valence-electron chi connectivity index (χ0n) is 9.09. The van der Waals surface area contributed by atoms with Gasteiger partial charge in [0, 0.05) is 23.2 Å². The van der Waals surface area contributed by atoms with E-state index in [9.17, 15) is 9.59 Å². The molecule has 15 heavy (non-hydrogen) atoms. The Kier molecular flexibility index (Phi) is 13.1. The van der Waals surface area contributed by atoms with Gasteiger partial charge in [0.2, 0.25) is 0 Å². The average Bonchev–Trinajstić information content (AvgIpc) is 2.02. The molecule has 0 saturated heterocycles. The molecule has 4 nitrogen and oxygen atoms in total. The summed E-state index contributed by atoms with van der Waals surface area (Å²) in [7, 11) is 0. The maximum atomic E-state index is 9.86. The lowest BCUT2D eigenvalue weighted by Crippen LogP contribution is -2.03. The van der Waals surface area contributed by atoms with E-state index in [1.807, 2.05) is 6.92 Å². The van der Waals surface area contributed by atoms with Crippen LogP contribution in [-0.2, 0) is 9.47 Å². The normalized spacial score (nSPS) is 8.93. The molecule has 0 heterocycles. The molecule has 0 aliphatic carbocycles. The first-order valence-electron chi connectivity index (χ1n) is 4.58. The van der Waals surface area contributed by atoms with E-state index < -0.39 is 10.9 Å². The van der Waals surface area contributed by atoms with Crippen LogP contribution in [0.1, 0.15) is 33.6 Å². The molecule has 0 unspecified atom stereocenters. The highest BCUT2D eigenvalue weighted by Gasteiger charge is 1.96. The van der Waals surface area contributed by atoms with Gasteiger partial charge in [-0.15, -0.1) is 0 Å². The standard InChI is InChI=1S/C5H9ClO2.C4H7ClO2/c1-2-3-4-8-5(6)7;1-3(2)7-4(5)6/h2-4H2,1H3;3H,1-2H3. The van der Waals surface area contributed by atoms with Gasteiger partial charge in [0.25, 0.3) is 0 Å². The fraction of sp³-hybridized carbons (Fsp3) is 0.778. The number of rotatable bonds is 4. The summed E-state index contributed by atoms with van der Waals surface area (Å²) < 4.78 is 8.79. The van der Waals surface area contributed by atoms with Crippen LogP contribution in [0.2, 0.25) is 0 Å². The highest BCUT2D eigenvalue weighted by atomic mass is 35.5. The van der Waals surface area contributed by atoms with Gasteiger partial charge in [-0.25, -0.2) is 9.59 Å². The van der Waals surface area contributed by atoms with E-state index in [0.717, 1.165) is 12.8 Å². The Morgan fingerprint density at radius 1 is 1.20 bits per heavy atom. The Labute approximate surface area is 99.8 Å². The van der Waals surface area contributed by atoms with Gasteiger partial charge in [0.15, 0.2) is 0 Å². The van der Waals surface area contributed by atoms with Crippen molar-refractivity contribution in [2.24, 2.45) is 0 Å². The monoisotopic (exact) mass is 258 g/mol. The second-order valence-corrected chi connectivity index (χ2v) is 3.46. The lowest BCUT2D eigenvalue weighted by Gasteiger charge is -2.00. The molecule has 0 bridgehead atoms. The molecule has 0 N–H and O–H groups in total. The summed E-state index contributed by atoms with van der Waals surface area (Å²) in [5.74, 6) is 0. The number of carbonyl (C=O) groups excluding carboxylic acids is 2. The molecule has 0 aromatic rings. The number of hydrogen-bond donors (Lipinski definition) is 0. The second kappa shape index (κ2) is 11.6. The second-order valence-electron chi connectivity index (χ2n) is 2.84. The van der Waals surface area contributed by atoms with Crippen LogP contribution in [0.25, 0.3) is 0 Å². The molecule has 0 aliphatic heterocycles. The fourth-order valence-corrected chi connectivity index (χ4v) is 0.737. The van der Waals surface area contributed by atoms with Crippen LogP contribution < -0.4 is 0 Å². The molecule has 0 aromatic heterocycles. The Bertz CT molecular complexity index is 183. The number of unbranched alkanes of at least 4 members (excludes halogenated alkanes) is 1. The van der Waals surface area contributed by atoms with Crippen LogP contribution in [0.15, 0.2) is 0 Å². The zero-order valence-corrected chi connectivity index (χ0v) is 10.6. The third kappa shape index (κ3) is 24.7. The predicted octanol–water partition coefficient (Wildman–Crippen LogP) is 3.93. The number of hydrogen-bond acceptors (Lipinski definition) is 4. The Balaban J connectivity index is 0. The molecule has 0 radical (unpaired) electrons. The van der Waals surface area contributed by atoms with Crippen LogP contribution in [0.3, 0.4) is 0 Å². The molecule has 0 atom stereocenters. The minimum absolute atomic E-state index is 0.106. The van der Waals surface area contributed by atoms with Crippen LogP contribution in [0.5, 0.6) is 0 Å². The summed E-state index contributed by atoms with van der Waals surface area (Å²) in [6.45, 7) is 5.93. The minimum atomic E-state index is -0.741. The Hall–Kier alpha value is -0.480. The van der Waals surface area contributed by atoms with Crippen molar-refractivity contribution in [2.75, 3.05) is 6.61 Å². The first-order valence-corrected chi connectivity index (χ1v) is 5.34. The quantitative estimate of drug-likeness (QED) is 0.567. The summed E-state index contributed by atoms with van der Waals surface area (Å²) in [6, 6.07) is 0. The molecule has 90 valence electrons. The molecule has 0 spiro atoms. The molecule has 0 aromatic carbocycles. The molecule has 0 rings (SSSR count). The summed E-state index contributed by atoms with van der Waals surface area (Å²) in [5, 5.41) is 0. The largest absolute Gasteiger partial charge is 0.454 e. The van der Waals surface area contributed by atoms with Crippen molar-refractivity contribution in [1.82, 2.24) is 0 Å². The van der Waals surface area contributed by atoms with E-state index >= 15 is 0 Å². The third-order valence-corrected chi connectivity index (χ3v) is 1.24. The first-order chi connectivity index (χ1) is 6.90. The van der Waals surface area contributed by atoms with Crippen LogP contribution in [0.4, 0.5) is 9.59 Å². The van der Waals surface area contributed by atoms with Gasteiger partial charge in [-0.3, -0.25) is 0 Å². The Morgan fingerprint density at radius 2 is 1.73 bits per heavy atom. The number of carbonyl (C=O) groups is 2. The molecular weight excluding hydrogens is 243 g/mol. The lowest BCUT2D eigenvalue weighted by atomic mass is 10.4. The van der Waals surface area contributed by atoms with E-state index in [-0.39, 0.29) is 6.10 Å². The molecule has 6 heteroatoms. The zero-order chi connectivity index (χ0) is 12.3. The van der Waals surface area contributed by atoms with Gasteiger partial charge < -0.3 is 9.47 Å². The van der Waals surface area contributed by atoms with Gasteiger partial charge in [0.05, 0.1) is 12.7 Å². The molecule has 0 fully saturated rings. The lowest BCUT2D eigenvalue weighted by molar-refractivity contribution is 0.141. The van der Waals surface area contributed by atoms with E-state index in [2.05, 4.69) is 9.47 Å². The highest BCUT2D eigenvalue weighted by Crippen LogP contribution is 1.92. The van der Waals surface area contributed by atoms with Crippen LogP contribution in [0, 0.1) is 0 Å².